The SMILES string of the molecule is CCN(C(=O)O)c1cn(C)nc1C. The number of carbonyl (C=O) groups is 1. The molecule has 0 saturated heterocycles. The Kier molecular flexibility index (Phi) is 2.55. The highest BCUT2D eigenvalue weighted by molar-refractivity contribution is 5.86. The maximum atomic E-state index is 10.8. The second kappa shape index (κ2) is 3.47. The molecule has 13 heavy (non-hydrogen) atoms. The zero-order valence-electron chi connectivity index (χ0n) is 7.98. The number of rotatable bonds is 2. The smallest absolute Gasteiger partial charge is 0.411 e. The summed E-state index contributed by atoms with van der Waals surface area (Å²) in [4.78, 5) is 12.0. The molecule has 1 rings (SSSR count). The number of hydrogen-bond acceptors (Lipinski definition) is 2. The molecule has 5 nitrogen and oxygen atoms in total. The van der Waals surface area contributed by atoms with Crippen molar-refractivity contribution in [3.05, 3.63) is 11.9 Å². The third-order valence-corrected chi connectivity index (χ3v) is 1.83. The van der Waals surface area contributed by atoms with Crippen LogP contribution >= 0.6 is 0 Å². The molecule has 0 unspecified atom stereocenters. The van der Waals surface area contributed by atoms with E-state index in [1.165, 1.54) is 4.90 Å². The Morgan fingerprint density at radius 2 is 2.38 bits per heavy atom. The van der Waals surface area contributed by atoms with Gasteiger partial charge in [0.2, 0.25) is 0 Å². The average molecular weight is 183 g/mol. The van der Waals surface area contributed by atoms with Crippen LogP contribution in [0.4, 0.5) is 10.5 Å². The largest absolute Gasteiger partial charge is 0.465 e. The second-order valence-corrected chi connectivity index (χ2v) is 2.80. The molecule has 1 aromatic heterocycles. The van der Waals surface area contributed by atoms with E-state index in [1.54, 1.807) is 31.8 Å². The molecule has 1 N–H and O–H groups in total. The standard InChI is InChI=1S/C8H13N3O2/c1-4-11(8(12)13)7-5-10(3)9-6(7)2/h5H,4H2,1-3H3,(H,12,13). The highest BCUT2D eigenvalue weighted by atomic mass is 16.4. The first-order valence-corrected chi connectivity index (χ1v) is 4.07. The quantitative estimate of drug-likeness (QED) is 0.750. The van der Waals surface area contributed by atoms with Gasteiger partial charge in [0.25, 0.3) is 0 Å². The van der Waals surface area contributed by atoms with Gasteiger partial charge in [0, 0.05) is 19.8 Å². The molecule has 0 atom stereocenters. The Morgan fingerprint density at radius 3 is 2.69 bits per heavy atom. The second-order valence-electron chi connectivity index (χ2n) is 2.80. The fraction of sp³-hybridized carbons (Fsp3) is 0.500. The fourth-order valence-electron chi connectivity index (χ4n) is 1.26. The Balaban J connectivity index is 3.04. The summed E-state index contributed by atoms with van der Waals surface area (Å²) in [6.07, 6.45) is 0.756. The van der Waals surface area contributed by atoms with Crippen LogP contribution in [0.1, 0.15) is 12.6 Å². The number of hydrogen-bond donors (Lipinski definition) is 1. The molecule has 0 aliphatic heterocycles. The van der Waals surface area contributed by atoms with Crippen molar-refractivity contribution < 1.29 is 9.90 Å². The number of aromatic nitrogens is 2. The zero-order valence-corrected chi connectivity index (χ0v) is 7.98. The Labute approximate surface area is 76.6 Å². The van der Waals surface area contributed by atoms with Gasteiger partial charge in [-0.05, 0) is 13.8 Å². The Morgan fingerprint density at radius 1 is 1.77 bits per heavy atom. The van der Waals surface area contributed by atoms with Crippen LogP contribution in [0.3, 0.4) is 0 Å². The van der Waals surface area contributed by atoms with E-state index in [9.17, 15) is 4.79 Å². The number of nitrogens with zero attached hydrogens (tertiary/aromatic N) is 3. The molecule has 5 heteroatoms. The van der Waals surface area contributed by atoms with Gasteiger partial charge < -0.3 is 5.11 Å². The van der Waals surface area contributed by atoms with E-state index in [0.29, 0.717) is 12.2 Å². The number of anilines is 1. The van der Waals surface area contributed by atoms with Crippen molar-refractivity contribution in [1.29, 1.82) is 0 Å². The minimum Gasteiger partial charge on any atom is -0.465 e. The highest BCUT2D eigenvalue weighted by Gasteiger charge is 2.16. The van der Waals surface area contributed by atoms with Crippen LogP contribution in [0.25, 0.3) is 0 Å². The Bertz CT molecular complexity index is 319. The summed E-state index contributed by atoms with van der Waals surface area (Å²) >= 11 is 0. The van der Waals surface area contributed by atoms with Crippen LogP contribution in [0, 0.1) is 6.92 Å². The summed E-state index contributed by atoms with van der Waals surface area (Å²) in [5.41, 5.74) is 1.38. The van der Waals surface area contributed by atoms with Crippen molar-refractivity contribution in [2.24, 2.45) is 7.05 Å². The minimum atomic E-state index is -0.946. The topological polar surface area (TPSA) is 58.4 Å². The van der Waals surface area contributed by atoms with Gasteiger partial charge in [0.05, 0.1) is 11.4 Å². The van der Waals surface area contributed by atoms with Crippen LogP contribution in [0.5, 0.6) is 0 Å². The monoisotopic (exact) mass is 183 g/mol. The molecule has 1 amide bonds. The van der Waals surface area contributed by atoms with Crippen molar-refractivity contribution in [3.63, 3.8) is 0 Å². The maximum absolute atomic E-state index is 10.8. The van der Waals surface area contributed by atoms with Crippen molar-refractivity contribution in [1.82, 2.24) is 9.78 Å². The van der Waals surface area contributed by atoms with Gasteiger partial charge in [-0.2, -0.15) is 5.10 Å². The zero-order chi connectivity index (χ0) is 10.0. The average Bonchev–Trinajstić information content (AvgIpc) is 2.31. The summed E-state index contributed by atoms with van der Waals surface area (Å²) in [5, 5.41) is 12.9. The number of carboxylic acid groups (broad SMARTS) is 1. The molecular weight excluding hydrogens is 170 g/mol. The molecule has 0 aliphatic carbocycles. The third-order valence-electron chi connectivity index (χ3n) is 1.83. The lowest BCUT2D eigenvalue weighted by Gasteiger charge is -2.14. The van der Waals surface area contributed by atoms with E-state index in [0.717, 1.165) is 5.69 Å². The lowest BCUT2D eigenvalue weighted by Crippen LogP contribution is -2.28. The normalized spacial score (nSPS) is 10.1. The first-order valence-electron chi connectivity index (χ1n) is 4.07. The van der Waals surface area contributed by atoms with Crippen LogP contribution in [-0.2, 0) is 7.05 Å². The van der Waals surface area contributed by atoms with E-state index in [1.807, 2.05) is 0 Å². The first kappa shape index (κ1) is 9.57. The number of amides is 1. The lowest BCUT2D eigenvalue weighted by molar-refractivity contribution is 0.202. The van der Waals surface area contributed by atoms with Crippen molar-refractivity contribution >= 4 is 11.8 Å². The minimum absolute atomic E-state index is 0.432. The molecule has 72 valence electrons. The third kappa shape index (κ3) is 1.80. The Hall–Kier alpha value is -1.52. The van der Waals surface area contributed by atoms with Gasteiger partial charge in [-0.1, -0.05) is 0 Å². The van der Waals surface area contributed by atoms with Crippen LogP contribution in [-0.4, -0.2) is 27.5 Å². The van der Waals surface area contributed by atoms with Gasteiger partial charge in [-0.15, -0.1) is 0 Å². The molecule has 0 saturated carbocycles. The molecule has 0 radical (unpaired) electrons. The molecule has 0 bridgehead atoms. The van der Waals surface area contributed by atoms with E-state index in [-0.39, 0.29) is 0 Å². The van der Waals surface area contributed by atoms with Crippen molar-refractivity contribution in [3.8, 4) is 0 Å². The lowest BCUT2D eigenvalue weighted by atomic mass is 10.3. The van der Waals surface area contributed by atoms with Crippen molar-refractivity contribution in [2.75, 3.05) is 11.4 Å². The van der Waals surface area contributed by atoms with Crippen LogP contribution in [0.2, 0.25) is 0 Å². The summed E-state index contributed by atoms with van der Waals surface area (Å²) < 4.78 is 1.61. The summed E-state index contributed by atoms with van der Waals surface area (Å²) in [5.74, 6) is 0. The van der Waals surface area contributed by atoms with Gasteiger partial charge in [-0.25, -0.2) is 4.79 Å². The predicted octanol–water partition coefficient (Wildman–Crippen LogP) is 1.23. The first-order chi connectivity index (χ1) is 6.06. The van der Waals surface area contributed by atoms with Gasteiger partial charge in [0.15, 0.2) is 0 Å². The van der Waals surface area contributed by atoms with E-state index in [4.69, 9.17) is 5.11 Å². The van der Waals surface area contributed by atoms with Gasteiger partial charge in [-0.3, -0.25) is 9.58 Å². The van der Waals surface area contributed by atoms with Gasteiger partial charge in [0.1, 0.15) is 0 Å². The predicted molar refractivity (Wildman–Crippen MR) is 49.0 cm³/mol. The number of aryl methyl sites for hydroxylation is 2. The molecule has 1 heterocycles. The van der Waals surface area contributed by atoms with Crippen LogP contribution in [0.15, 0.2) is 6.20 Å². The van der Waals surface area contributed by atoms with E-state index >= 15 is 0 Å². The molecular formula is C8H13N3O2. The van der Waals surface area contributed by atoms with Gasteiger partial charge >= 0.3 is 6.09 Å². The summed E-state index contributed by atoms with van der Waals surface area (Å²) in [6, 6.07) is 0. The molecule has 0 aromatic carbocycles. The summed E-state index contributed by atoms with van der Waals surface area (Å²) in [7, 11) is 1.77. The van der Waals surface area contributed by atoms with Crippen LogP contribution < -0.4 is 4.90 Å². The fourth-order valence-corrected chi connectivity index (χ4v) is 1.26. The maximum Gasteiger partial charge on any atom is 0.411 e. The van der Waals surface area contributed by atoms with E-state index < -0.39 is 6.09 Å². The summed E-state index contributed by atoms with van der Waals surface area (Å²) in [6.45, 7) is 4.02. The van der Waals surface area contributed by atoms with E-state index in [2.05, 4.69) is 5.10 Å². The van der Waals surface area contributed by atoms with Crippen molar-refractivity contribution in [2.45, 2.75) is 13.8 Å². The molecule has 0 aliphatic rings. The molecule has 0 fully saturated rings. The molecule has 0 spiro atoms. The molecule has 1 aromatic rings. The highest BCUT2D eigenvalue weighted by Crippen LogP contribution is 2.17.